The Labute approximate surface area is 193 Å². The van der Waals surface area contributed by atoms with Crippen molar-refractivity contribution in [3.05, 3.63) is 0 Å². The summed E-state index contributed by atoms with van der Waals surface area (Å²) in [6.07, 6.45) is 9.64. The van der Waals surface area contributed by atoms with Crippen molar-refractivity contribution in [2.24, 2.45) is 22.2 Å². The van der Waals surface area contributed by atoms with Crippen molar-refractivity contribution in [3.8, 4) is 0 Å². The first kappa shape index (κ1) is 23.1. The number of hydrogen-bond acceptors (Lipinski definition) is 3. The topological polar surface area (TPSA) is 66.0 Å². The Morgan fingerprint density at radius 2 is 1.83 bits per heavy atom. The molecule has 0 radical (unpaired) electrons. The van der Waals surface area contributed by atoms with Crippen LogP contribution in [0.25, 0.3) is 0 Å². The summed E-state index contributed by atoms with van der Waals surface area (Å²) in [7, 11) is 1.84. The summed E-state index contributed by atoms with van der Waals surface area (Å²) in [5.41, 5.74) is 0.126. The number of ether oxygens (including phenoxy) is 1. The first-order chi connectivity index (χ1) is 13.5. The number of rotatable bonds is 3. The minimum Gasteiger partial charge on any atom is -0.377 e. The molecule has 29 heavy (non-hydrogen) atoms. The number of guanidine groups is 1. The van der Waals surface area contributed by atoms with Crippen LogP contribution in [0.15, 0.2) is 4.99 Å². The zero-order valence-corrected chi connectivity index (χ0v) is 20.6. The molecule has 4 rings (SSSR count). The van der Waals surface area contributed by atoms with Gasteiger partial charge in [0.25, 0.3) is 0 Å². The molecule has 2 aliphatic heterocycles. The van der Waals surface area contributed by atoms with Gasteiger partial charge in [0.2, 0.25) is 5.91 Å². The average molecular weight is 518 g/mol. The van der Waals surface area contributed by atoms with Gasteiger partial charge in [-0.2, -0.15) is 0 Å². The maximum absolute atomic E-state index is 12.8. The molecule has 0 bridgehead atoms. The summed E-state index contributed by atoms with van der Waals surface area (Å²) in [6, 6.07) is 0.686. The van der Waals surface area contributed by atoms with Crippen molar-refractivity contribution in [1.29, 1.82) is 0 Å². The van der Waals surface area contributed by atoms with Crippen LogP contribution >= 0.6 is 24.0 Å². The average Bonchev–Trinajstić information content (AvgIpc) is 3.19. The number of likely N-dealkylation sites (tertiary alicyclic amines) is 1. The number of amides is 1. The van der Waals surface area contributed by atoms with Gasteiger partial charge in [-0.1, -0.05) is 33.1 Å². The molecule has 1 amide bonds. The Kier molecular flexibility index (Phi) is 7.73. The Hall–Kier alpha value is -0.570. The number of carbonyl (C=O) groups is 1. The van der Waals surface area contributed by atoms with Gasteiger partial charge in [0.15, 0.2) is 5.96 Å². The normalized spacial score (nSPS) is 34.6. The van der Waals surface area contributed by atoms with Crippen LogP contribution in [0.5, 0.6) is 0 Å². The van der Waals surface area contributed by atoms with Crippen LogP contribution in [-0.4, -0.2) is 61.7 Å². The van der Waals surface area contributed by atoms with E-state index in [1.165, 1.54) is 25.7 Å². The summed E-state index contributed by atoms with van der Waals surface area (Å²) < 4.78 is 6.02. The van der Waals surface area contributed by atoms with Crippen LogP contribution in [-0.2, 0) is 9.53 Å². The Morgan fingerprint density at radius 1 is 1.07 bits per heavy atom. The van der Waals surface area contributed by atoms with Crippen LogP contribution in [0.3, 0.4) is 0 Å². The monoisotopic (exact) mass is 518 g/mol. The Balaban J connectivity index is 0.00000240. The number of halogens is 1. The fourth-order valence-electron chi connectivity index (χ4n) is 6.01. The number of carbonyl (C=O) groups excluding carboxylic acids is 1. The molecule has 6 nitrogen and oxygen atoms in total. The van der Waals surface area contributed by atoms with E-state index >= 15 is 0 Å². The number of fused-ring (bicyclic) bond motifs is 1. The highest BCUT2D eigenvalue weighted by atomic mass is 127. The van der Waals surface area contributed by atoms with Gasteiger partial charge in [-0.3, -0.25) is 9.79 Å². The van der Waals surface area contributed by atoms with Crippen LogP contribution < -0.4 is 10.6 Å². The highest BCUT2D eigenvalue weighted by molar-refractivity contribution is 14.0. The fourth-order valence-corrected chi connectivity index (χ4v) is 6.01. The minimum atomic E-state index is 0. The van der Waals surface area contributed by atoms with E-state index in [1.54, 1.807) is 0 Å². The fraction of sp³-hybridized carbons (Fsp3) is 0.909. The van der Waals surface area contributed by atoms with Gasteiger partial charge in [-0.05, 0) is 32.1 Å². The van der Waals surface area contributed by atoms with E-state index in [4.69, 9.17) is 4.74 Å². The highest BCUT2D eigenvalue weighted by Crippen LogP contribution is 2.51. The van der Waals surface area contributed by atoms with Crippen molar-refractivity contribution >= 4 is 35.8 Å². The van der Waals surface area contributed by atoms with E-state index < -0.39 is 0 Å². The van der Waals surface area contributed by atoms with Gasteiger partial charge in [-0.25, -0.2) is 0 Å². The van der Waals surface area contributed by atoms with E-state index in [0.717, 1.165) is 51.3 Å². The molecule has 4 atom stereocenters. The summed E-state index contributed by atoms with van der Waals surface area (Å²) in [4.78, 5) is 19.4. The predicted molar refractivity (Wildman–Crippen MR) is 127 cm³/mol. The number of nitrogens with one attached hydrogen (secondary N) is 2. The quantitative estimate of drug-likeness (QED) is 0.342. The SMILES string of the molecule is CN=C(NC1CCN(C(=O)C2CCCCC2)C1)NC1C2CCCOC2C1(C)C.I. The number of aliphatic imine (C=N–C) groups is 1. The van der Waals surface area contributed by atoms with Crippen molar-refractivity contribution < 1.29 is 9.53 Å². The molecule has 2 aliphatic carbocycles. The second-order valence-electron chi connectivity index (χ2n) is 9.86. The van der Waals surface area contributed by atoms with E-state index in [2.05, 4.69) is 34.4 Å². The van der Waals surface area contributed by atoms with E-state index in [1.807, 2.05) is 7.05 Å². The summed E-state index contributed by atoms with van der Waals surface area (Å²) >= 11 is 0. The molecule has 7 heteroatoms. The third-order valence-electron chi connectivity index (χ3n) is 7.64. The molecule has 0 spiro atoms. The highest BCUT2D eigenvalue weighted by Gasteiger charge is 2.58. The van der Waals surface area contributed by atoms with Crippen molar-refractivity contribution in [1.82, 2.24) is 15.5 Å². The third-order valence-corrected chi connectivity index (χ3v) is 7.64. The van der Waals surface area contributed by atoms with Crippen LogP contribution in [0, 0.1) is 17.3 Å². The first-order valence-electron chi connectivity index (χ1n) is 11.4. The van der Waals surface area contributed by atoms with Gasteiger partial charge in [0.05, 0.1) is 6.10 Å². The summed E-state index contributed by atoms with van der Waals surface area (Å²) in [6.45, 7) is 7.17. The standard InChI is InChI=1S/C22H38N4O2.HI/c1-22(2)18(17-10-7-13-28-19(17)22)25-21(23-3)24-16-11-12-26(14-16)20(27)15-8-5-4-6-9-15;/h15-19H,4-14H2,1-3H3,(H2,23,24,25);1H. The number of hydrogen-bond donors (Lipinski definition) is 2. The maximum Gasteiger partial charge on any atom is 0.225 e. The molecule has 2 saturated heterocycles. The van der Waals surface area contributed by atoms with Gasteiger partial charge in [-0.15, -0.1) is 24.0 Å². The molecule has 2 saturated carbocycles. The molecule has 0 aromatic carbocycles. The maximum atomic E-state index is 12.8. The Morgan fingerprint density at radius 3 is 2.55 bits per heavy atom. The van der Waals surface area contributed by atoms with E-state index in [9.17, 15) is 4.79 Å². The van der Waals surface area contributed by atoms with Gasteiger partial charge < -0.3 is 20.3 Å². The molecule has 2 N–H and O–H groups in total. The molecule has 4 aliphatic rings. The summed E-state index contributed by atoms with van der Waals surface area (Å²) in [5.74, 6) is 2.10. The molecule has 2 heterocycles. The van der Waals surface area contributed by atoms with Crippen LogP contribution in [0.1, 0.15) is 65.2 Å². The van der Waals surface area contributed by atoms with Crippen molar-refractivity contribution in [2.75, 3.05) is 26.7 Å². The van der Waals surface area contributed by atoms with E-state index in [0.29, 0.717) is 30.0 Å². The molecule has 0 aromatic rings. The zero-order chi connectivity index (χ0) is 19.7. The second kappa shape index (κ2) is 9.71. The second-order valence-corrected chi connectivity index (χ2v) is 9.86. The molecule has 166 valence electrons. The largest absolute Gasteiger partial charge is 0.377 e. The molecule has 4 fully saturated rings. The first-order valence-corrected chi connectivity index (χ1v) is 11.4. The van der Waals surface area contributed by atoms with Crippen molar-refractivity contribution in [2.45, 2.75) is 83.4 Å². The smallest absolute Gasteiger partial charge is 0.225 e. The van der Waals surface area contributed by atoms with Crippen LogP contribution in [0.2, 0.25) is 0 Å². The zero-order valence-electron chi connectivity index (χ0n) is 18.3. The lowest BCUT2D eigenvalue weighted by atomic mass is 9.55. The number of nitrogens with zero attached hydrogens (tertiary/aromatic N) is 2. The van der Waals surface area contributed by atoms with Gasteiger partial charge >= 0.3 is 0 Å². The Bertz CT molecular complexity index is 606. The summed E-state index contributed by atoms with van der Waals surface area (Å²) in [5, 5.41) is 7.27. The van der Waals surface area contributed by atoms with Gasteiger partial charge in [0, 0.05) is 56.1 Å². The van der Waals surface area contributed by atoms with E-state index in [-0.39, 0.29) is 35.3 Å². The minimum absolute atomic E-state index is 0. The molecular weight excluding hydrogens is 479 g/mol. The third kappa shape index (κ3) is 4.70. The van der Waals surface area contributed by atoms with Crippen LogP contribution in [0.4, 0.5) is 0 Å². The van der Waals surface area contributed by atoms with Gasteiger partial charge in [0.1, 0.15) is 0 Å². The lowest BCUT2D eigenvalue weighted by Gasteiger charge is -2.60. The molecule has 0 aromatic heterocycles. The predicted octanol–water partition coefficient (Wildman–Crippen LogP) is 3.15. The lowest BCUT2D eigenvalue weighted by Crippen LogP contribution is -2.71. The molecule has 4 unspecified atom stereocenters. The molecular formula is C22H39IN4O2. The van der Waals surface area contributed by atoms with Crippen molar-refractivity contribution in [3.63, 3.8) is 0 Å². The lowest BCUT2D eigenvalue weighted by molar-refractivity contribution is -0.188.